The molecule has 3 unspecified atom stereocenters. The molecule has 3 heterocycles. The summed E-state index contributed by atoms with van der Waals surface area (Å²) in [7, 11) is 0. The molecule has 110 valence electrons. The van der Waals surface area contributed by atoms with Gasteiger partial charge in [0, 0.05) is 18.8 Å². The Bertz CT molecular complexity index is 455. The predicted molar refractivity (Wildman–Crippen MR) is 77.8 cm³/mol. The third kappa shape index (κ3) is 2.93. The number of fused-ring (bicyclic) bond motifs is 1. The Balaban J connectivity index is 1.64. The number of nitrogens with zero attached hydrogens (tertiary/aromatic N) is 2. The van der Waals surface area contributed by atoms with E-state index in [2.05, 4.69) is 15.3 Å². The zero-order valence-corrected chi connectivity index (χ0v) is 11.7. The van der Waals surface area contributed by atoms with Crippen molar-refractivity contribution in [3.05, 3.63) is 23.9 Å². The van der Waals surface area contributed by atoms with Crippen molar-refractivity contribution < 1.29 is 4.74 Å². The first-order valence-electron chi connectivity index (χ1n) is 7.28. The fourth-order valence-electron chi connectivity index (χ4n) is 3.26. The first-order chi connectivity index (χ1) is 9.76. The van der Waals surface area contributed by atoms with Gasteiger partial charge in [-0.25, -0.2) is 4.98 Å². The van der Waals surface area contributed by atoms with Crippen LogP contribution in [-0.4, -0.2) is 47.8 Å². The number of nitrogen functional groups attached to an aromatic ring is 1. The second-order valence-corrected chi connectivity index (χ2v) is 5.73. The Morgan fingerprint density at radius 2 is 2.45 bits per heavy atom. The maximum atomic E-state index is 6.02. The highest BCUT2D eigenvalue weighted by Gasteiger charge is 2.35. The average Bonchev–Trinajstić information content (AvgIpc) is 2.92. The van der Waals surface area contributed by atoms with Crippen LogP contribution in [0.5, 0.6) is 0 Å². The van der Waals surface area contributed by atoms with Crippen LogP contribution >= 0.6 is 0 Å². The summed E-state index contributed by atoms with van der Waals surface area (Å²) in [6, 6.07) is 4.58. The van der Waals surface area contributed by atoms with Crippen molar-refractivity contribution in [1.82, 2.24) is 15.3 Å². The lowest BCUT2D eigenvalue weighted by Gasteiger charge is -2.38. The number of pyridine rings is 1. The summed E-state index contributed by atoms with van der Waals surface area (Å²) >= 11 is 0. The van der Waals surface area contributed by atoms with Gasteiger partial charge in [0.2, 0.25) is 0 Å². The summed E-state index contributed by atoms with van der Waals surface area (Å²) in [4.78, 5) is 6.54. The molecule has 3 atom stereocenters. The highest BCUT2D eigenvalue weighted by atomic mass is 16.5. The van der Waals surface area contributed by atoms with Crippen LogP contribution in [0.25, 0.3) is 0 Å². The van der Waals surface area contributed by atoms with E-state index in [-0.39, 0.29) is 12.1 Å². The van der Waals surface area contributed by atoms with Crippen LogP contribution in [0.4, 0.5) is 5.82 Å². The van der Waals surface area contributed by atoms with Gasteiger partial charge in [-0.05, 0) is 43.5 Å². The molecule has 5 N–H and O–H groups in total. The zero-order chi connectivity index (χ0) is 13.9. The lowest BCUT2D eigenvalue weighted by molar-refractivity contribution is -0.0644. The number of anilines is 1. The molecule has 6 nitrogen and oxygen atoms in total. The van der Waals surface area contributed by atoms with Crippen LogP contribution < -0.4 is 17.0 Å². The number of ether oxygens (including phenoxy) is 1. The third-order valence-electron chi connectivity index (χ3n) is 4.38. The summed E-state index contributed by atoms with van der Waals surface area (Å²) in [6.07, 6.45) is 5.20. The van der Waals surface area contributed by atoms with E-state index in [1.54, 1.807) is 6.20 Å². The van der Waals surface area contributed by atoms with E-state index in [4.69, 9.17) is 16.3 Å². The van der Waals surface area contributed by atoms with E-state index < -0.39 is 0 Å². The molecular formula is C14H23N5O. The maximum absolute atomic E-state index is 6.02. The van der Waals surface area contributed by atoms with Crippen molar-refractivity contribution in [3.63, 3.8) is 0 Å². The molecule has 1 aromatic rings. The minimum Gasteiger partial charge on any atom is -0.384 e. The Kier molecular flexibility index (Phi) is 4.16. The van der Waals surface area contributed by atoms with Gasteiger partial charge in [0.05, 0.1) is 18.8 Å². The Morgan fingerprint density at radius 3 is 3.25 bits per heavy atom. The molecule has 1 aromatic heterocycles. The van der Waals surface area contributed by atoms with Crippen LogP contribution in [0, 0.1) is 0 Å². The molecule has 6 heteroatoms. The second kappa shape index (κ2) is 6.05. The highest BCUT2D eigenvalue weighted by molar-refractivity contribution is 5.32. The molecule has 0 spiro atoms. The number of hydrogen-bond donors (Lipinski definition) is 3. The Hall–Kier alpha value is -1.21. The van der Waals surface area contributed by atoms with Crippen molar-refractivity contribution in [2.75, 3.05) is 25.4 Å². The molecule has 20 heavy (non-hydrogen) atoms. The fourth-order valence-corrected chi connectivity index (χ4v) is 3.26. The van der Waals surface area contributed by atoms with Gasteiger partial charge in [-0.1, -0.05) is 0 Å². The van der Waals surface area contributed by atoms with Crippen molar-refractivity contribution >= 4 is 5.82 Å². The molecule has 2 aliphatic rings. The van der Waals surface area contributed by atoms with Crippen LogP contribution in [0.3, 0.4) is 0 Å². The van der Waals surface area contributed by atoms with E-state index in [1.165, 1.54) is 19.4 Å². The van der Waals surface area contributed by atoms with Gasteiger partial charge < -0.3 is 10.5 Å². The molecule has 0 amide bonds. The highest BCUT2D eigenvalue weighted by Crippen LogP contribution is 2.24. The van der Waals surface area contributed by atoms with Crippen molar-refractivity contribution in [2.24, 2.45) is 5.84 Å². The monoisotopic (exact) mass is 277 g/mol. The van der Waals surface area contributed by atoms with Gasteiger partial charge >= 0.3 is 0 Å². The molecule has 2 fully saturated rings. The molecule has 0 aromatic carbocycles. The third-order valence-corrected chi connectivity index (χ3v) is 4.38. The molecule has 0 aliphatic carbocycles. The molecule has 0 radical (unpaired) electrons. The number of morpholine rings is 1. The van der Waals surface area contributed by atoms with Crippen LogP contribution in [0.2, 0.25) is 0 Å². The second-order valence-electron chi connectivity index (χ2n) is 5.73. The predicted octanol–water partition coefficient (Wildman–Crippen LogP) is -0.0986. The quantitative estimate of drug-likeness (QED) is 0.526. The van der Waals surface area contributed by atoms with E-state index >= 15 is 0 Å². The fraction of sp³-hybridized carbons (Fsp3) is 0.643. The van der Waals surface area contributed by atoms with Gasteiger partial charge in [-0.15, -0.1) is 0 Å². The van der Waals surface area contributed by atoms with Crippen molar-refractivity contribution in [2.45, 2.75) is 37.5 Å². The van der Waals surface area contributed by atoms with Gasteiger partial charge in [-0.3, -0.25) is 16.2 Å². The summed E-state index contributed by atoms with van der Waals surface area (Å²) in [5, 5.41) is 0. The molecule has 0 bridgehead atoms. The van der Waals surface area contributed by atoms with Gasteiger partial charge in [0.1, 0.15) is 5.82 Å². The first kappa shape index (κ1) is 13.8. The van der Waals surface area contributed by atoms with Crippen molar-refractivity contribution in [1.29, 1.82) is 0 Å². The standard InChI is InChI=1S/C14H23N5O/c15-14-7-10(3-4-17-14)6-12(18-16)13-8-19-5-1-2-11(19)9-20-13/h3-4,7,11-13,18H,1-2,5-6,8-9,16H2,(H2,15,17). The van der Waals surface area contributed by atoms with E-state index in [1.807, 2.05) is 12.1 Å². The normalized spacial score (nSPS) is 28.2. The van der Waals surface area contributed by atoms with Crippen LogP contribution in [0.15, 0.2) is 18.3 Å². The minimum atomic E-state index is 0.0957. The molecular weight excluding hydrogens is 254 g/mol. The van der Waals surface area contributed by atoms with Crippen molar-refractivity contribution in [3.8, 4) is 0 Å². The minimum absolute atomic E-state index is 0.0957. The maximum Gasteiger partial charge on any atom is 0.123 e. The first-order valence-corrected chi connectivity index (χ1v) is 7.28. The SMILES string of the molecule is NNC(Cc1ccnc(N)c1)C1CN2CCCC2CO1. The molecule has 2 saturated heterocycles. The summed E-state index contributed by atoms with van der Waals surface area (Å²) in [6.45, 7) is 2.96. The lowest BCUT2D eigenvalue weighted by Crippen LogP contribution is -2.56. The molecule has 2 aliphatic heterocycles. The molecule has 3 rings (SSSR count). The number of hydrazine groups is 1. The summed E-state index contributed by atoms with van der Waals surface area (Å²) in [5.74, 6) is 6.28. The summed E-state index contributed by atoms with van der Waals surface area (Å²) < 4.78 is 6.02. The lowest BCUT2D eigenvalue weighted by atomic mass is 10.0. The van der Waals surface area contributed by atoms with E-state index in [0.29, 0.717) is 11.9 Å². The van der Waals surface area contributed by atoms with Gasteiger partial charge in [-0.2, -0.15) is 0 Å². The van der Waals surface area contributed by atoms with E-state index in [0.717, 1.165) is 25.1 Å². The number of hydrogen-bond acceptors (Lipinski definition) is 6. The zero-order valence-electron chi connectivity index (χ0n) is 11.7. The number of nitrogens with two attached hydrogens (primary N) is 2. The van der Waals surface area contributed by atoms with Crippen LogP contribution in [0.1, 0.15) is 18.4 Å². The Morgan fingerprint density at radius 1 is 1.55 bits per heavy atom. The summed E-state index contributed by atoms with van der Waals surface area (Å²) in [5.41, 5.74) is 9.76. The van der Waals surface area contributed by atoms with E-state index in [9.17, 15) is 0 Å². The number of nitrogens with one attached hydrogen (secondary N) is 1. The number of rotatable bonds is 4. The average molecular weight is 277 g/mol. The topological polar surface area (TPSA) is 89.4 Å². The smallest absolute Gasteiger partial charge is 0.123 e. The van der Waals surface area contributed by atoms with Gasteiger partial charge in [0.25, 0.3) is 0 Å². The van der Waals surface area contributed by atoms with Gasteiger partial charge in [0.15, 0.2) is 0 Å². The largest absolute Gasteiger partial charge is 0.384 e. The molecule has 0 saturated carbocycles. The number of aromatic nitrogens is 1. The Labute approximate surface area is 119 Å². The van der Waals surface area contributed by atoms with Crippen LogP contribution in [-0.2, 0) is 11.2 Å².